The minimum atomic E-state index is -0.793. The Morgan fingerprint density at radius 1 is 1.30 bits per heavy atom. The van der Waals surface area contributed by atoms with Gasteiger partial charge in [0.1, 0.15) is 22.4 Å². The molecule has 0 aromatic heterocycles. The maximum atomic E-state index is 13.5. The van der Waals surface area contributed by atoms with E-state index in [1.54, 1.807) is 7.11 Å². The molecule has 1 aliphatic rings. The quantitative estimate of drug-likeness (QED) is 0.824. The average Bonchev–Trinajstić information content (AvgIpc) is 2.91. The van der Waals surface area contributed by atoms with Crippen LogP contribution in [0.25, 0.3) is 0 Å². The van der Waals surface area contributed by atoms with Crippen LogP contribution >= 0.6 is 11.6 Å². The molecule has 0 bridgehead atoms. The summed E-state index contributed by atoms with van der Waals surface area (Å²) < 4.78 is 32.5. The second-order valence-electron chi connectivity index (χ2n) is 5.28. The molecule has 0 radical (unpaired) electrons. The zero-order chi connectivity index (χ0) is 16.6. The lowest BCUT2D eigenvalue weighted by Gasteiger charge is -2.19. The lowest BCUT2D eigenvalue weighted by Crippen LogP contribution is -2.18. The van der Waals surface area contributed by atoms with Gasteiger partial charge < -0.3 is 20.3 Å². The van der Waals surface area contributed by atoms with Gasteiger partial charge in [0.05, 0.1) is 25.2 Å². The highest BCUT2D eigenvalue weighted by atomic mass is 35.5. The van der Waals surface area contributed by atoms with Crippen LogP contribution in [0.2, 0.25) is 5.02 Å². The van der Waals surface area contributed by atoms with Crippen LogP contribution in [0, 0.1) is 11.6 Å². The van der Waals surface area contributed by atoms with Crippen LogP contribution < -0.4 is 20.3 Å². The van der Waals surface area contributed by atoms with Gasteiger partial charge in [0.15, 0.2) is 0 Å². The molecule has 3 rings (SSSR count). The monoisotopic (exact) mass is 339 g/mol. The third-order valence-corrected chi connectivity index (χ3v) is 4.16. The zero-order valence-corrected chi connectivity index (χ0v) is 13.5. The van der Waals surface area contributed by atoms with E-state index in [1.807, 2.05) is 19.2 Å². The normalized spacial score (nSPS) is 12.8. The molecule has 0 saturated carbocycles. The van der Waals surface area contributed by atoms with Crippen molar-refractivity contribution in [1.82, 2.24) is 0 Å². The van der Waals surface area contributed by atoms with Gasteiger partial charge in [0, 0.05) is 24.8 Å². The van der Waals surface area contributed by atoms with Gasteiger partial charge >= 0.3 is 0 Å². The van der Waals surface area contributed by atoms with Gasteiger partial charge in [-0.3, -0.25) is 0 Å². The van der Waals surface area contributed by atoms with Gasteiger partial charge in [-0.25, -0.2) is 8.78 Å². The van der Waals surface area contributed by atoms with Gasteiger partial charge in [-0.05, 0) is 24.3 Å². The van der Waals surface area contributed by atoms with E-state index in [1.165, 1.54) is 12.1 Å². The maximum absolute atomic E-state index is 13.5. The predicted molar refractivity (Wildman–Crippen MR) is 88.6 cm³/mol. The second kappa shape index (κ2) is 6.12. The Morgan fingerprint density at radius 3 is 2.65 bits per heavy atom. The molecule has 2 aromatic carbocycles. The van der Waals surface area contributed by atoms with E-state index in [-0.39, 0.29) is 0 Å². The fraction of sp³-hybridized carbons (Fsp3) is 0.250. The molecule has 2 N–H and O–H groups in total. The van der Waals surface area contributed by atoms with Crippen LogP contribution in [0.1, 0.15) is 5.56 Å². The summed E-state index contributed by atoms with van der Waals surface area (Å²) in [6.07, 6.45) is 0. The number of benzene rings is 2. The molecule has 1 aliphatic heterocycles. The predicted octanol–water partition coefficient (Wildman–Crippen LogP) is 4.06. The number of methoxy groups -OCH3 is 1. The third kappa shape index (κ3) is 2.86. The first-order valence-electron chi connectivity index (χ1n) is 7.04. The fourth-order valence-electron chi connectivity index (χ4n) is 2.69. The number of hydrogen-bond donors (Lipinski definition) is 2. The molecule has 122 valence electrons. The number of anilines is 3. The minimum absolute atomic E-state index is 0.317. The lowest BCUT2D eigenvalue weighted by atomic mass is 10.1. The van der Waals surface area contributed by atoms with Crippen molar-refractivity contribution in [2.24, 2.45) is 0 Å². The van der Waals surface area contributed by atoms with Crippen LogP contribution in [0.4, 0.5) is 25.8 Å². The molecule has 0 amide bonds. The van der Waals surface area contributed by atoms with Crippen LogP contribution in [-0.4, -0.2) is 20.8 Å². The summed E-state index contributed by atoms with van der Waals surface area (Å²) in [5.74, 6) is -0.877. The highest BCUT2D eigenvalue weighted by molar-refractivity contribution is 6.30. The van der Waals surface area contributed by atoms with E-state index in [0.717, 1.165) is 16.9 Å². The molecule has 23 heavy (non-hydrogen) atoms. The Balaban J connectivity index is 1.90. The van der Waals surface area contributed by atoms with Crippen molar-refractivity contribution in [2.45, 2.75) is 6.54 Å². The van der Waals surface area contributed by atoms with Gasteiger partial charge in [0.2, 0.25) is 0 Å². The van der Waals surface area contributed by atoms with E-state index in [0.29, 0.717) is 24.7 Å². The summed E-state index contributed by atoms with van der Waals surface area (Å²) >= 11 is 5.50. The summed E-state index contributed by atoms with van der Waals surface area (Å²) in [5.41, 5.74) is 3.23. The summed E-state index contributed by atoms with van der Waals surface area (Å²) in [6.45, 7) is 1.05. The van der Waals surface area contributed by atoms with Crippen LogP contribution in [-0.2, 0) is 6.54 Å². The first kappa shape index (κ1) is 15.7. The van der Waals surface area contributed by atoms with Gasteiger partial charge in [-0.15, -0.1) is 0 Å². The molecule has 0 unspecified atom stereocenters. The van der Waals surface area contributed by atoms with Crippen LogP contribution in [0.5, 0.6) is 5.75 Å². The van der Waals surface area contributed by atoms with Crippen LogP contribution in [0.15, 0.2) is 24.3 Å². The van der Waals surface area contributed by atoms with Crippen molar-refractivity contribution in [3.8, 4) is 5.75 Å². The van der Waals surface area contributed by atoms with Gasteiger partial charge in [0.25, 0.3) is 0 Å². The number of halogens is 3. The molecule has 0 saturated heterocycles. The number of nitrogens with one attached hydrogen (secondary N) is 2. The van der Waals surface area contributed by atoms with Crippen molar-refractivity contribution in [3.05, 3.63) is 46.5 Å². The molecule has 0 atom stereocenters. The highest BCUT2D eigenvalue weighted by Gasteiger charge is 2.22. The topological polar surface area (TPSA) is 36.5 Å². The Morgan fingerprint density at radius 2 is 2.00 bits per heavy atom. The molecule has 0 aliphatic carbocycles. The highest BCUT2D eigenvalue weighted by Crippen LogP contribution is 2.39. The van der Waals surface area contributed by atoms with E-state index >= 15 is 0 Å². The number of fused-ring (bicyclic) bond motifs is 1. The standard InChI is InChI=1S/C16H16ClF2N3O/c1-22-8-21-13-3-4-14(23-2)10(16(13)22)7-20-9-5-11(18)15(17)12(19)6-9/h3-6,20-21H,7-8H2,1-2H3. The van der Waals surface area contributed by atoms with Crippen molar-refractivity contribution < 1.29 is 13.5 Å². The van der Waals surface area contributed by atoms with E-state index in [4.69, 9.17) is 16.3 Å². The van der Waals surface area contributed by atoms with Crippen molar-refractivity contribution in [2.75, 3.05) is 36.4 Å². The van der Waals surface area contributed by atoms with Gasteiger partial charge in [-0.1, -0.05) is 11.6 Å². The summed E-state index contributed by atoms with van der Waals surface area (Å²) in [4.78, 5) is 2.05. The van der Waals surface area contributed by atoms with E-state index in [2.05, 4.69) is 15.5 Å². The second-order valence-corrected chi connectivity index (χ2v) is 5.66. The summed E-state index contributed by atoms with van der Waals surface area (Å²) in [7, 11) is 3.55. The van der Waals surface area contributed by atoms with Crippen molar-refractivity contribution >= 4 is 28.7 Å². The van der Waals surface area contributed by atoms with E-state index in [9.17, 15) is 8.78 Å². The number of hydrogen-bond acceptors (Lipinski definition) is 4. The molecular weight excluding hydrogens is 324 g/mol. The van der Waals surface area contributed by atoms with E-state index < -0.39 is 16.7 Å². The minimum Gasteiger partial charge on any atom is -0.496 e. The smallest absolute Gasteiger partial charge is 0.146 e. The average molecular weight is 340 g/mol. The van der Waals surface area contributed by atoms with Crippen molar-refractivity contribution in [1.29, 1.82) is 0 Å². The number of ether oxygens (including phenoxy) is 1. The van der Waals surface area contributed by atoms with Crippen molar-refractivity contribution in [3.63, 3.8) is 0 Å². The zero-order valence-electron chi connectivity index (χ0n) is 12.7. The molecule has 1 heterocycles. The molecular formula is C16H16ClF2N3O. The Kier molecular flexibility index (Phi) is 4.17. The maximum Gasteiger partial charge on any atom is 0.146 e. The Labute approximate surface area is 138 Å². The summed E-state index contributed by atoms with van der Waals surface area (Å²) in [6, 6.07) is 6.15. The number of rotatable bonds is 4. The van der Waals surface area contributed by atoms with Gasteiger partial charge in [-0.2, -0.15) is 0 Å². The summed E-state index contributed by atoms with van der Waals surface area (Å²) in [5, 5.41) is 5.79. The first-order valence-corrected chi connectivity index (χ1v) is 7.42. The third-order valence-electron chi connectivity index (χ3n) is 3.80. The first-order chi connectivity index (χ1) is 11.0. The Hall–Kier alpha value is -2.21. The molecule has 0 spiro atoms. The molecule has 4 nitrogen and oxygen atoms in total. The SMILES string of the molecule is COc1ccc2c(c1CNc1cc(F)c(Cl)c(F)c1)N(C)CN2. The fourth-order valence-corrected chi connectivity index (χ4v) is 2.80. The molecule has 0 fully saturated rings. The molecule has 2 aromatic rings. The van der Waals surface area contributed by atoms with Crippen LogP contribution in [0.3, 0.4) is 0 Å². The Bertz CT molecular complexity index is 731. The lowest BCUT2D eigenvalue weighted by molar-refractivity contribution is 0.410. The largest absolute Gasteiger partial charge is 0.496 e. The number of nitrogens with zero attached hydrogens (tertiary/aromatic N) is 1. The molecule has 7 heteroatoms.